The van der Waals surface area contributed by atoms with E-state index < -0.39 is 0 Å². The molecule has 0 radical (unpaired) electrons. The summed E-state index contributed by atoms with van der Waals surface area (Å²) in [5.41, 5.74) is 3.00. The van der Waals surface area contributed by atoms with Gasteiger partial charge >= 0.3 is 6.03 Å². The number of nitrogens with one attached hydrogen (secondary N) is 1. The van der Waals surface area contributed by atoms with E-state index >= 15 is 0 Å². The van der Waals surface area contributed by atoms with Gasteiger partial charge in [-0.3, -0.25) is 0 Å². The van der Waals surface area contributed by atoms with E-state index in [2.05, 4.69) is 29.3 Å². The van der Waals surface area contributed by atoms with Crippen LogP contribution in [0.15, 0.2) is 47.5 Å². The number of carbonyl (C=O) groups excluding carboxylic acids is 1. The molecule has 4 rings (SSSR count). The van der Waals surface area contributed by atoms with Gasteiger partial charge in [0.1, 0.15) is 17.3 Å². The first-order valence-electron chi connectivity index (χ1n) is 9.90. The SMILES string of the molecule is CCNC(=O)N1CCCN(C2=Nc3ccccc3Oc3ccc(C)cc32)CC1. The van der Waals surface area contributed by atoms with E-state index in [1.54, 1.807) is 0 Å². The minimum absolute atomic E-state index is 0.0112. The van der Waals surface area contributed by atoms with E-state index in [-0.39, 0.29) is 6.03 Å². The molecule has 2 aliphatic heterocycles. The van der Waals surface area contributed by atoms with Crippen molar-refractivity contribution >= 4 is 17.6 Å². The molecule has 0 aromatic heterocycles. The monoisotopic (exact) mass is 378 g/mol. The lowest BCUT2D eigenvalue weighted by Crippen LogP contribution is -2.42. The predicted octanol–water partition coefficient (Wildman–Crippen LogP) is 3.92. The Labute approximate surface area is 165 Å². The number of amides is 2. The molecular formula is C22H26N4O2. The van der Waals surface area contributed by atoms with Crippen molar-refractivity contribution in [2.24, 2.45) is 4.99 Å². The highest BCUT2D eigenvalue weighted by atomic mass is 16.5. The average molecular weight is 378 g/mol. The average Bonchev–Trinajstić information content (AvgIpc) is 3.03. The summed E-state index contributed by atoms with van der Waals surface area (Å²) in [7, 11) is 0. The molecular weight excluding hydrogens is 352 g/mol. The number of carbonyl (C=O) groups is 1. The molecule has 0 spiro atoms. The van der Waals surface area contributed by atoms with Crippen LogP contribution in [0.4, 0.5) is 10.5 Å². The summed E-state index contributed by atoms with van der Waals surface area (Å²) in [5.74, 6) is 2.50. The number of urea groups is 1. The number of hydrogen-bond acceptors (Lipinski definition) is 4. The lowest BCUT2D eigenvalue weighted by molar-refractivity contribution is 0.201. The number of fused-ring (bicyclic) bond motifs is 2. The third kappa shape index (κ3) is 3.67. The van der Waals surface area contributed by atoms with Gasteiger partial charge in [-0.05, 0) is 44.5 Å². The Morgan fingerprint density at radius 3 is 2.82 bits per heavy atom. The molecule has 0 unspecified atom stereocenters. The third-order valence-corrected chi connectivity index (χ3v) is 5.10. The van der Waals surface area contributed by atoms with E-state index in [1.807, 2.05) is 42.2 Å². The van der Waals surface area contributed by atoms with Gasteiger partial charge < -0.3 is 19.9 Å². The number of nitrogens with zero attached hydrogens (tertiary/aromatic N) is 3. The summed E-state index contributed by atoms with van der Waals surface area (Å²) < 4.78 is 6.19. The standard InChI is InChI=1S/C22H26N4O2/c1-3-23-22(27)26-12-6-11-25(13-14-26)21-17-15-16(2)9-10-19(17)28-20-8-5-4-7-18(20)24-21/h4-5,7-10,15H,3,6,11-14H2,1-2H3,(H,23,27). The Morgan fingerprint density at radius 2 is 1.96 bits per heavy atom. The molecule has 2 aromatic carbocycles. The molecule has 2 aromatic rings. The number of amidine groups is 1. The summed E-state index contributed by atoms with van der Waals surface area (Å²) >= 11 is 0. The molecule has 6 heteroatoms. The van der Waals surface area contributed by atoms with Crippen LogP contribution in [-0.4, -0.2) is 54.4 Å². The maximum absolute atomic E-state index is 12.2. The van der Waals surface area contributed by atoms with Gasteiger partial charge in [-0.2, -0.15) is 0 Å². The molecule has 2 aliphatic rings. The topological polar surface area (TPSA) is 57.2 Å². The number of ether oxygens (including phenoxy) is 1. The third-order valence-electron chi connectivity index (χ3n) is 5.10. The zero-order valence-electron chi connectivity index (χ0n) is 16.4. The highest BCUT2D eigenvalue weighted by Crippen LogP contribution is 2.38. The number of hydrogen-bond donors (Lipinski definition) is 1. The highest BCUT2D eigenvalue weighted by molar-refractivity contribution is 6.04. The van der Waals surface area contributed by atoms with E-state index in [9.17, 15) is 4.79 Å². The molecule has 2 heterocycles. The molecule has 1 saturated heterocycles. The number of rotatable bonds is 1. The second kappa shape index (κ2) is 7.92. The smallest absolute Gasteiger partial charge is 0.317 e. The van der Waals surface area contributed by atoms with Crippen LogP contribution >= 0.6 is 0 Å². The van der Waals surface area contributed by atoms with E-state index in [1.165, 1.54) is 5.56 Å². The largest absolute Gasteiger partial charge is 0.454 e. The fourth-order valence-corrected chi connectivity index (χ4v) is 3.67. The maximum atomic E-state index is 12.2. The maximum Gasteiger partial charge on any atom is 0.317 e. The lowest BCUT2D eigenvalue weighted by Gasteiger charge is -2.25. The van der Waals surface area contributed by atoms with Crippen LogP contribution in [0.5, 0.6) is 11.5 Å². The molecule has 6 nitrogen and oxygen atoms in total. The summed E-state index contributed by atoms with van der Waals surface area (Å²) in [6, 6.07) is 14.1. The highest BCUT2D eigenvalue weighted by Gasteiger charge is 2.26. The van der Waals surface area contributed by atoms with Crippen LogP contribution in [0.2, 0.25) is 0 Å². The van der Waals surface area contributed by atoms with E-state index in [4.69, 9.17) is 9.73 Å². The Balaban J connectivity index is 1.68. The summed E-state index contributed by atoms with van der Waals surface area (Å²) in [6.45, 7) is 7.69. The molecule has 146 valence electrons. The van der Waals surface area contributed by atoms with Gasteiger partial charge in [-0.15, -0.1) is 0 Å². The number of aliphatic imine (C=N–C) groups is 1. The van der Waals surface area contributed by atoms with Gasteiger partial charge in [0.2, 0.25) is 0 Å². The van der Waals surface area contributed by atoms with Crippen molar-refractivity contribution < 1.29 is 9.53 Å². The lowest BCUT2D eigenvalue weighted by atomic mass is 10.1. The van der Waals surface area contributed by atoms with Crippen LogP contribution in [-0.2, 0) is 0 Å². The van der Waals surface area contributed by atoms with Crippen molar-refractivity contribution in [3.63, 3.8) is 0 Å². The molecule has 1 fully saturated rings. The normalized spacial score (nSPS) is 16.1. The van der Waals surface area contributed by atoms with Crippen LogP contribution in [0.1, 0.15) is 24.5 Å². The van der Waals surface area contributed by atoms with Crippen molar-refractivity contribution in [2.45, 2.75) is 20.3 Å². The van der Waals surface area contributed by atoms with Gasteiger partial charge in [0.25, 0.3) is 0 Å². The van der Waals surface area contributed by atoms with Gasteiger partial charge in [-0.25, -0.2) is 9.79 Å². The first kappa shape index (κ1) is 18.3. The fraction of sp³-hybridized carbons (Fsp3) is 0.364. The minimum atomic E-state index is 0.0112. The molecule has 1 N–H and O–H groups in total. The van der Waals surface area contributed by atoms with Crippen molar-refractivity contribution in [1.29, 1.82) is 0 Å². The van der Waals surface area contributed by atoms with Crippen molar-refractivity contribution in [2.75, 3.05) is 32.7 Å². The zero-order chi connectivity index (χ0) is 19.5. The Kier molecular flexibility index (Phi) is 5.19. The molecule has 2 amide bonds. The van der Waals surface area contributed by atoms with E-state index in [0.717, 1.165) is 54.6 Å². The van der Waals surface area contributed by atoms with Crippen LogP contribution < -0.4 is 10.1 Å². The second-order valence-electron chi connectivity index (χ2n) is 7.17. The second-order valence-corrected chi connectivity index (χ2v) is 7.17. The van der Waals surface area contributed by atoms with Gasteiger partial charge in [-0.1, -0.05) is 23.8 Å². The zero-order valence-corrected chi connectivity index (χ0v) is 16.4. The molecule has 0 saturated carbocycles. The molecule has 0 atom stereocenters. The quantitative estimate of drug-likeness (QED) is 0.818. The van der Waals surface area contributed by atoms with Crippen LogP contribution in [0, 0.1) is 6.92 Å². The summed E-state index contributed by atoms with van der Waals surface area (Å²) in [6.07, 6.45) is 0.903. The molecule has 0 aliphatic carbocycles. The van der Waals surface area contributed by atoms with Crippen molar-refractivity contribution in [3.05, 3.63) is 53.6 Å². The van der Waals surface area contributed by atoms with Crippen molar-refractivity contribution in [3.8, 4) is 11.5 Å². The number of aryl methyl sites for hydroxylation is 1. The fourth-order valence-electron chi connectivity index (χ4n) is 3.67. The Morgan fingerprint density at radius 1 is 1.11 bits per heavy atom. The summed E-state index contributed by atoms with van der Waals surface area (Å²) in [5, 5.41) is 2.90. The first-order chi connectivity index (χ1) is 13.7. The summed E-state index contributed by atoms with van der Waals surface area (Å²) in [4.78, 5) is 21.4. The van der Waals surface area contributed by atoms with Gasteiger partial charge in [0.15, 0.2) is 5.75 Å². The molecule has 0 bridgehead atoms. The predicted molar refractivity (Wildman–Crippen MR) is 111 cm³/mol. The first-order valence-corrected chi connectivity index (χ1v) is 9.90. The van der Waals surface area contributed by atoms with Crippen LogP contribution in [0.3, 0.4) is 0 Å². The van der Waals surface area contributed by atoms with Crippen molar-refractivity contribution in [1.82, 2.24) is 15.1 Å². The minimum Gasteiger partial charge on any atom is -0.454 e. The Bertz CT molecular complexity index is 909. The van der Waals surface area contributed by atoms with E-state index in [0.29, 0.717) is 13.1 Å². The molecule has 28 heavy (non-hydrogen) atoms. The number of benzene rings is 2. The Hall–Kier alpha value is -3.02. The van der Waals surface area contributed by atoms with Gasteiger partial charge in [0, 0.05) is 32.7 Å². The van der Waals surface area contributed by atoms with Crippen LogP contribution in [0.25, 0.3) is 0 Å². The van der Waals surface area contributed by atoms with Gasteiger partial charge in [0.05, 0.1) is 5.56 Å². The number of para-hydroxylation sites is 2.